The molecule has 1 aliphatic heterocycles. The maximum Gasteiger partial charge on any atom is 0.250 e. The highest BCUT2D eigenvalue weighted by Gasteiger charge is 2.35. The summed E-state index contributed by atoms with van der Waals surface area (Å²) in [5.74, 6) is 1.35. The largest absolute Gasteiger partial charge is 0.339 e. The van der Waals surface area contributed by atoms with Gasteiger partial charge in [0.05, 0.1) is 5.69 Å². The standard InChI is InChI=1S/C15H18N6O/c22-14(12-6-7-12)19-8-10-20(11-9-19)15-16-17-18-21(15)13-4-2-1-3-5-13/h1-5,12H,6-11H2. The number of rotatable bonds is 3. The fraction of sp³-hybridized carbons (Fsp3) is 0.467. The molecule has 114 valence electrons. The predicted molar refractivity (Wildman–Crippen MR) is 80.7 cm³/mol. The van der Waals surface area contributed by atoms with Crippen LogP contribution in [0.5, 0.6) is 0 Å². The van der Waals surface area contributed by atoms with Crippen molar-refractivity contribution >= 4 is 11.9 Å². The monoisotopic (exact) mass is 298 g/mol. The second-order valence-electron chi connectivity index (χ2n) is 5.81. The van der Waals surface area contributed by atoms with Gasteiger partial charge in [-0.3, -0.25) is 4.79 Å². The first-order chi connectivity index (χ1) is 10.8. The Kier molecular flexibility index (Phi) is 3.25. The molecular formula is C15H18N6O. The molecule has 4 rings (SSSR count). The van der Waals surface area contributed by atoms with Crippen molar-refractivity contribution < 1.29 is 4.79 Å². The summed E-state index contributed by atoms with van der Waals surface area (Å²) < 4.78 is 1.75. The molecule has 1 aromatic heterocycles. The number of hydrogen-bond donors (Lipinski definition) is 0. The molecule has 1 aliphatic carbocycles. The Hall–Kier alpha value is -2.44. The number of hydrogen-bond acceptors (Lipinski definition) is 5. The average molecular weight is 298 g/mol. The number of piperazine rings is 1. The van der Waals surface area contributed by atoms with Gasteiger partial charge in [0.25, 0.3) is 0 Å². The molecule has 2 fully saturated rings. The summed E-state index contributed by atoms with van der Waals surface area (Å²) in [7, 11) is 0. The second kappa shape index (κ2) is 5.40. The first-order valence-electron chi connectivity index (χ1n) is 7.70. The van der Waals surface area contributed by atoms with Crippen LogP contribution < -0.4 is 4.90 Å². The first-order valence-corrected chi connectivity index (χ1v) is 7.70. The molecule has 1 saturated heterocycles. The topological polar surface area (TPSA) is 67.2 Å². The third-order valence-corrected chi connectivity index (χ3v) is 4.25. The van der Waals surface area contributed by atoms with Crippen molar-refractivity contribution in [3.63, 3.8) is 0 Å². The molecule has 2 aromatic rings. The van der Waals surface area contributed by atoms with E-state index < -0.39 is 0 Å². The van der Waals surface area contributed by atoms with Crippen LogP contribution in [-0.2, 0) is 4.79 Å². The van der Waals surface area contributed by atoms with Gasteiger partial charge in [-0.1, -0.05) is 23.3 Å². The summed E-state index contributed by atoms with van der Waals surface area (Å²) in [5.41, 5.74) is 0.944. The number of para-hydroxylation sites is 1. The lowest BCUT2D eigenvalue weighted by Gasteiger charge is -2.34. The van der Waals surface area contributed by atoms with E-state index in [1.807, 2.05) is 35.2 Å². The minimum absolute atomic E-state index is 0.293. The molecule has 1 amide bonds. The molecule has 2 heterocycles. The van der Waals surface area contributed by atoms with E-state index in [-0.39, 0.29) is 0 Å². The van der Waals surface area contributed by atoms with Gasteiger partial charge in [-0.05, 0) is 35.4 Å². The van der Waals surface area contributed by atoms with E-state index in [4.69, 9.17) is 0 Å². The van der Waals surface area contributed by atoms with Gasteiger partial charge >= 0.3 is 0 Å². The van der Waals surface area contributed by atoms with Crippen LogP contribution >= 0.6 is 0 Å². The molecule has 22 heavy (non-hydrogen) atoms. The van der Waals surface area contributed by atoms with Crippen LogP contribution in [0.1, 0.15) is 12.8 Å². The number of nitrogens with zero attached hydrogens (tertiary/aromatic N) is 6. The third-order valence-electron chi connectivity index (χ3n) is 4.25. The molecule has 1 saturated carbocycles. The van der Waals surface area contributed by atoms with Crippen molar-refractivity contribution in [1.29, 1.82) is 0 Å². The SMILES string of the molecule is O=C(C1CC1)N1CCN(c2nnnn2-c2ccccc2)CC1. The lowest BCUT2D eigenvalue weighted by molar-refractivity contribution is -0.132. The van der Waals surface area contributed by atoms with Gasteiger partial charge in [-0.15, -0.1) is 0 Å². The normalized spacial score (nSPS) is 18.5. The summed E-state index contributed by atoms with van der Waals surface area (Å²) in [6, 6.07) is 9.86. The van der Waals surface area contributed by atoms with E-state index in [1.165, 1.54) is 0 Å². The molecule has 1 aromatic carbocycles. The van der Waals surface area contributed by atoms with E-state index >= 15 is 0 Å². The van der Waals surface area contributed by atoms with E-state index in [0.717, 1.165) is 50.7 Å². The highest BCUT2D eigenvalue weighted by molar-refractivity contribution is 5.81. The van der Waals surface area contributed by atoms with Crippen molar-refractivity contribution in [2.75, 3.05) is 31.1 Å². The molecule has 7 nitrogen and oxygen atoms in total. The molecule has 0 spiro atoms. The summed E-state index contributed by atoms with van der Waals surface area (Å²) in [5, 5.41) is 12.1. The van der Waals surface area contributed by atoms with Crippen LogP contribution in [0.15, 0.2) is 30.3 Å². The Morgan fingerprint density at radius 3 is 2.45 bits per heavy atom. The Balaban J connectivity index is 1.48. The van der Waals surface area contributed by atoms with E-state index in [0.29, 0.717) is 11.8 Å². The summed E-state index contributed by atoms with van der Waals surface area (Å²) in [6.07, 6.45) is 2.12. The van der Waals surface area contributed by atoms with Crippen LogP contribution in [-0.4, -0.2) is 57.2 Å². The zero-order valence-corrected chi connectivity index (χ0v) is 12.3. The molecule has 0 bridgehead atoms. The van der Waals surface area contributed by atoms with Crippen molar-refractivity contribution in [1.82, 2.24) is 25.1 Å². The number of benzene rings is 1. The van der Waals surface area contributed by atoms with Gasteiger partial charge in [-0.25, -0.2) is 0 Å². The molecule has 2 aliphatic rings. The van der Waals surface area contributed by atoms with Gasteiger partial charge in [-0.2, -0.15) is 4.68 Å². The fourth-order valence-electron chi connectivity index (χ4n) is 2.83. The highest BCUT2D eigenvalue weighted by Crippen LogP contribution is 2.31. The predicted octanol–water partition coefficient (Wildman–Crippen LogP) is 0.721. The highest BCUT2D eigenvalue weighted by atomic mass is 16.2. The smallest absolute Gasteiger partial charge is 0.250 e. The van der Waals surface area contributed by atoms with Gasteiger partial charge in [0.1, 0.15) is 0 Å². The van der Waals surface area contributed by atoms with E-state index in [2.05, 4.69) is 20.4 Å². The number of tetrazole rings is 1. The fourth-order valence-corrected chi connectivity index (χ4v) is 2.83. The molecule has 7 heteroatoms. The lowest BCUT2D eigenvalue weighted by atomic mass is 10.2. The Morgan fingerprint density at radius 2 is 1.77 bits per heavy atom. The minimum atomic E-state index is 0.293. The number of carbonyl (C=O) groups excluding carboxylic acids is 1. The Labute approximate surface area is 128 Å². The van der Waals surface area contributed by atoms with Crippen LogP contribution in [0.3, 0.4) is 0 Å². The van der Waals surface area contributed by atoms with E-state index in [1.54, 1.807) is 4.68 Å². The zero-order valence-electron chi connectivity index (χ0n) is 12.3. The summed E-state index contributed by atoms with van der Waals surface area (Å²) >= 11 is 0. The minimum Gasteiger partial charge on any atom is -0.339 e. The first kappa shape index (κ1) is 13.2. The van der Waals surface area contributed by atoms with Gasteiger partial charge in [0.2, 0.25) is 11.9 Å². The van der Waals surface area contributed by atoms with Crippen molar-refractivity contribution in [2.24, 2.45) is 5.92 Å². The zero-order chi connectivity index (χ0) is 14.9. The molecule has 0 atom stereocenters. The lowest BCUT2D eigenvalue weighted by Crippen LogP contribution is -2.50. The molecular weight excluding hydrogens is 280 g/mol. The van der Waals surface area contributed by atoms with Crippen LogP contribution in [0.4, 0.5) is 5.95 Å². The van der Waals surface area contributed by atoms with Crippen LogP contribution in [0.25, 0.3) is 5.69 Å². The van der Waals surface area contributed by atoms with Gasteiger partial charge in [0.15, 0.2) is 0 Å². The quantitative estimate of drug-likeness (QED) is 0.835. The maximum atomic E-state index is 12.1. The summed E-state index contributed by atoms with van der Waals surface area (Å²) in [4.78, 5) is 16.2. The van der Waals surface area contributed by atoms with Crippen molar-refractivity contribution in [3.05, 3.63) is 30.3 Å². The van der Waals surface area contributed by atoms with Crippen LogP contribution in [0.2, 0.25) is 0 Å². The third kappa shape index (κ3) is 2.43. The van der Waals surface area contributed by atoms with Gasteiger partial charge < -0.3 is 9.80 Å². The maximum absolute atomic E-state index is 12.1. The van der Waals surface area contributed by atoms with Crippen molar-refractivity contribution in [2.45, 2.75) is 12.8 Å². The van der Waals surface area contributed by atoms with Crippen LogP contribution in [0, 0.1) is 5.92 Å². The number of aromatic nitrogens is 4. The van der Waals surface area contributed by atoms with Crippen molar-refractivity contribution in [3.8, 4) is 5.69 Å². The second-order valence-corrected chi connectivity index (χ2v) is 5.81. The van der Waals surface area contributed by atoms with Gasteiger partial charge in [0, 0.05) is 32.1 Å². The Bertz CT molecular complexity index is 658. The molecule has 0 radical (unpaired) electrons. The number of amides is 1. The summed E-state index contributed by atoms with van der Waals surface area (Å²) in [6.45, 7) is 3.03. The molecule has 0 N–H and O–H groups in total. The average Bonchev–Trinajstić information content (AvgIpc) is 3.32. The molecule has 0 unspecified atom stereocenters. The number of anilines is 1. The Morgan fingerprint density at radius 1 is 1.05 bits per heavy atom. The van der Waals surface area contributed by atoms with E-state index in [9.17, 15) is 4.79 Å². The number of carbonyl (C=O) groups is 1.